The first kappa shape index (κ1) is 13.3. The Bertz CT molecular complexity index is 633. The molecule has 1 N–H and O–H groups in total. The Hall–Kier alpha value is -1.74. The van der Waals surface area contributed by atoms with E-state index in [-0.39, 0.29) is 11.6 Å². The average Bonchev–Trinajstić information content (AvgIpc) is 3.24. The maximum Gasteiger partial charge on any atom is 0.126 e. The van der Waals surface area contributed by atoms with Crippen molar-refractivity contribution in [3.8, 4) is 11.1 Å². The van der Waals surface area contributed by atoms with Gasteiger partial charge in [0.15, 0.2) is 0 Å². The van der Waals surface area contributed by atoms with Gasteiger partial charge in [-0.05, 0) is 60.2 Å². The summed E-state index contributed by atoms with van der Waals surface area (Å²) in [5, 5.41) is 3.41. The third-order valence-electron chi connectivity index (χ3n) is 3.71. The van der Waals surface area contributed by atoms with Crippen molar-refractivity contribution in [2.75, 3.05) is 0 Å². The SMILES string of the molecule is Cc1ccc(-c2cc(F)ccc2CNC2CC2)cc1F. The molecule has 0 bridgehead atoms. The zero-order valence-electron chi connectivity index (χ0n) is 11.4. The molecule has 0 radical (unpaired) electrons. The Morgan fingerprint density at radius 1 is 1.10 bits per heavy atom. The topological polar surface area (TPSA) is 12.0 Å². The van der Waals surface area contributed by atoms with Gasteiger partial charge in [-0.3, -0.25) is 0 Å². The number of nitrogens with one attached hydrogen (secondary N) is 1. The predicted octanol–water partition coefficient (Wildman–Crippen LogP) is 4.19. The Morgan fingerprint density at radius 3 is 2.60 bits per heavy atom. The van der Waals surface area contributed by atoms with Crippen LogP contribution in [0.5, 0.6) is 0 Å². The molecule has 20 heavy (non-hydrogen) atoms. The molecular weight excluding hydrogens is 256 g/mol. The Balaban J connectivity index is 1.96. The summed E-state index contributed by atoms with van der Waals surface area (Å²) >= 11 is 0. The van der Waals surface area contributed by atoms with Crippen LogP contribution in [0.2, 0.25) is 0 Å². The molecule has 0 heterocycles. The number of halogens is 2. The minimum atomic E-state index is -0.295. The zero-order chi connectivity index (χ0) is 14.1. The van der Waals surface area contributed by atoms with E-state index in [9.17, 15) is 8.78 Å². The molecule has 104 valence electrons. The van der Waals surface area contributed by atoms with E-state index in [1.807, 2.05) is 6.07 Å². The van der Waals surface area contributed by atoms with Gasteiger partial charge in [0.05, 0.1) is 0 Å². The molecule has 1 aliphatic carbocycles. The van der Waals surface area contributed by atoms with Gasteiger partial charge in [-0.15, -0.1) is 0 Å². The molecule has 1 aliphatic rings. The lowest BCUT2D eigenvalue weighted by molar-refractivity contribution is 0.618. The molecule has 1 fully saturated rings. The lowest BCUT2D eigenvalue weighted by Gasteiger charge is -2.11. The first-order valence-electron chi connectivity index (χ1n) is 6.92. The van der Waals surface area contributed by atoms with Crippen LogP contribution in [0.15, 0.2) is 36.4 Å². The molecular formula is C17H17F2N. The highest BCUT2D eigenvalue weighted by Crippen LogP contribution is 2.27. The Morgan fingerprint density at radius 2 is 1.90 bits per heavy atom. The molecule has 0 saturated heterocycles. The summed E-state index contributed by atoms with van der Waals surface area (Å²) < 4.78 is 27.2. The second kappa shape index (κ2) is 5.33. The van der Waals surface area contributed by atoms with Gasteiger partial charge in [0.2, 0.25) is 0 Å². The number of hydrogen-bond donors (Lipinski definition) is 1. The first-order valence-corrected chi connectivity index (χ1v) is 6.92. The summed E-state index contributed by atoms with van der Waals surface area (Å²) in [6, 6.07) is 10.3. The van der Waals surface area contributed by atoms with E-state index >= 15 is 0 Å². The van der Waals surface area contributed by atoms with Gasteiger partial charge in [-0.2, -0.15) is 0 Å². The lowest BCUT2D eigenvalue weighted by Crippen LogP contribution is -2.16. The number of benzene rings is 2. The van der Waals surface area contributed by atoms with Crippen molar-refractivity contribution in [3.05, 3.63) is 59.2 Å². The second-order valence-corrected chi connectivity index (χ2v) is 5.42. The van der Waals surface area contributed by atoms with E-state index < -0.39 is 0 Å². The van der Waals surface area contributed by atoms with Gasteiger partial charge in [0.1, 0.15) is 11.6 Å². The van der Waals surface area contributed by atoms with Gasteiger partial charge in [0.25, 0.3) is 0 Å². The van der Waals surface area contributed by atoms with Crippen LogP contribution in [0.1, 0.15) is 24.0 Å². The van der Waals surface area contributed by atoms with Crippen molar-refractivity contribution >= 4 is 0 Å². The zero-order valence-corrected chi connectivity index (χ0v) is 11.4. The molecule has 2 aromatic carbocycles. The third-order valence-corrected chi connectivity index (χ3v) is 3.71. The van der Waals surface area contributed by atoms with Crippen molar-refractivity contribution in [1.29, 1.82) is 0 Å². The van der Waals surface area contributed by atoms with Crippen molar-refractivity contribution in [2.45, 2.75) is 32.4 Å². The van der Waals surface area contributed by atoms with Crippen molar-refractivity contribution in [1.82, 2.24) is 5.32 Å². The number of rotatable bonds is 4. The van der Waals surface area contributed by atoms with Gasteiger partial charge < -0.3 is 5.32 Å². The molecule has 0 atom stereocenters. The van der Waals surface area contributed by atoms with Crippen LogP contribution in [0.25, 0.3) is 11.1 Å². The molecule has 0 aromatic heterocycles. The number of aryl methyl sites for hydroxylation is 1. The first-order chi connectivity index (χ1) is 9.63. The van der Waals surface area contributed by atoms with Crippen LogP contribution in [0.3, 0.4) is 0 Å². The van der Waals surface area contributed by atoms with Gasteiger partial charge in [-0.25, -0.2) is 8.78 Å². The average molecular weight is 273 g/mol. The molecule has 1 nitrogen and oxygen atoms in total. The maximum absolute atomic E-state index is 13.7. The maximum atomic E-state index is 13.7. The van der Waals surface area contributed by atoms with Crippen molar-refractivity contribution < 1.29 is 8.78 Å². The molecule has 3 rings (SSSR count). The molecule has 0 amide bonds. The fourth-order valence-corrected chi connectivity index (χ4v) is 2.27. The van der Waals surface area contributed by atoms with E-state index in [4.69, 9.17) is 0 Å². The Kier molecular flexibility index (Phi) is 3.53. The van der Waals surface area contributed by atoms with Crippen LogP contribution in [-0.4, -0.2) is 6.04 Å². The van der Waals surface area contributed by atoms with Gasteiger partial charge in [-0.1, -0.05) is 18.2 Å². The van der Waals surface area contributed by atoms with Gasteiger partial charge >= 0.3 is 0 Å². The molecule has 0 aliphatic heterocycles. The number of hydrogen-bond acceptors (Lipinski definition) is 1. The standard InChI is InChI=1S/C17H17F2N/c1-11-2-3-12(8-17(11)19)16-9-14(18)5-4-13(16)10-20-15-6-7-15/h2-5,8-9,15,20H,6-7,10H2,1H3. The third kappa shape index (κ3) is 2.88. The minimum Gasteiger partial charge on any atom is -0.310 e. The van der Waals surface area contributed by atoms with Gasteiger partial charge in [0, 0.05) is 12.6 Å². The van der Waals surface area contributed by atoms with Crippen molar-refractivity contribution in [3.63, 3.8) is 0 Å². The minimum absolute atomic E-state index is 0.257. The van der Waals surface area contributed by atoms with E-state index in [1.54, 1.807) is 19.1 Å². The lowest BCUT2D eigenvalue weighted by atomic mass is 9.98. The van der Waals surface area contributed by atoms with Crippen molar-refractivity contribution in [2.24, 2.45) is 0 Å². The van der Waals surface area contributed by atoms with Crippen LogP contribution >= 0.6 is 0 Å². The van der Waals surface area contributed by atoms with E-state index in [1.165, 1.54) is 31.0 Å². The highest BCUT2D eigenvalue weighted by atomic mass is 19.1. The summed E-state index contributed by atoms with van der Waals surface area (Å²) in [6.07, 6.45) is 2.41. The summed E-state index contributed by atoms with van der Waals surface area (Å²) in [4.78, 5) is 0. The van der Waals surface area contributed by atoms with Crippen LogP contribution in [0.4, 0.5) is 8.78 Å². The smallest absolute Gasteiger partial charge is 0.126 e. The molecule has 1 saturated carbocycles. The summed E-state index contributed by atoms with van der Waals surface area (Å²) in [5.41, 5.74) is 3.08. The van der Waals surface area contributed by atoms with Crippen LogP contribution in [-0.2, 0) is 6.54 Å². The van der Waals surface area contributed by atoms with Crippen LogP contribution in [0, 0.1) is 18.6 Å². The highest BCUT2D eigenvalue weighted by Gasteiger charge is 2.20. The fraction of sp³-hybridized carbons (Fsp3) is 0.294. The molecule has 0 spiro atoms. The van der Waals surface area contributed by atoms with Crippen LogP contribution < -0.4 is 5.32 Å². The Labute approximate surface area is 117 Å². The second-order valence-electron chi connectivity index (χ2n) is 5.42. The normalized spacial score (nSPS) is 14.6. The fourth-order valence-electron chi connectivity index (χ4n) is 2.27. The van der Waals surface area contributed by atoms with E-state index in [0.29, 0.717) is 18.2 Å². The summed E-state index contributed by atoms with van der Waals surface area (Å²) in [6.45, 7) is 2.41. The van der Waals surface area contributed by atoms with E-state index in [2.05, 4.69) is 5.32 Å². The predicted molar refractivity (Wildman–Crippen MR) is 76.4 cm³/mol. The molecule has 3 heteroatoms. The quantitative estimate of drug-likeness (QED) is 0.880. The highest BCUT2D eigenvalue weighted by molar-refractivity contribution is 5.67. The summed E-state index contributed by atoms with van der Waals surface area (Å²) in [7, 11) is 0. The largest absolute Gasteiger partial charge is 0.310 e. The molecule has 2 aromatic rings. The molecule has 0 unspecified atom stereocenters. The monoisotopic (exact) mass is 273 g/mol. The van der Waals surface area contributed by atoms with E-state index in [0.717, 1.165) is 16.7 Å². The summed E-state index contributed by atoms with van der Waals surface area (Å²) in [5.74, 6) is -0.552.